The minimum Gasteiger partial charge on any atom is -0.463 e. The molecule has 14 nitrogen and oxygen atoms in total. The van der Waals surface area contributed by atoms with Crippen molar-refractivity contribution in [1.82, 2.24) is 19.5 Å². The average molecular weight is 437 g/mol. The third-order valence-corrected chi connectivity index (χ3v) is 4.34. The van der Waals surface area contributed by atoms with Crippen molar-refractivity contribution in [2.24, 2.45) is 0 Å². The predicted molar refractivity (Wildman–Crippen MR) is 98.5 cm³/mol. The van der Waals surface area contributed by atoms with Crippen molar-refractivity contribution in [2.75, 3.05) is 6.61 Å². The number of aromatic amines is 2. The Bertz CT molecular complexity index is 1210. The highest BCUT2D eigenvalue weighted by molar-refractivity contribution is 5.72. The molecule has 166 valence electrons. The van der Waals surface area contributed by atoms with Crippen molar-refractivity contribution in [3.8, 4) is 0 Å². The molecule has 14 heteroatoms. The summed E-state index contributed by atoms with van der Waals surface area (Å²) in [5.74, 6) is -2.06. The number of hydrogen-bond donors (Lipinski definition) is 3. The molecule has 0 radical (unpaired) electrons. The molecule has 2 aromatic rings. The molecule has 0 unspecified atom stereocenters. The summed E-state index contributed by atoms with van der Waals surface area (Å²) in [7, 11) is 0. The molecule has 0 saturated carbocycles. The largest absolute Gasteiger partial charge is 0.463 e. The Morgan fingerprint density at radius 3 is 2.35 bits per heavy atom. The van der Waals surface area contributed by atoms with Crippen LogP contribution >= 0.6 is 0 Å². The van der Waals surface area contributed by atoms with Gasteiger partial charge in [0.25, 0.3) is 5.56 Å². The molecule has 0 aromatic carbocycles. The van der Waals surface area contributed by atoms with E-state index in [-0.39, 0.29) is 17.6 Å². The van der Waals surface area contributed by atoms with E-state index in [9.17, 15) is 24.0 Å². The summed E-state index contributed by atoms with van der Waals surface area (Å²) in [6.45, 7) is 3.10. The number of nitrogens with zero attached hydrogens (tertiary/aromatic N) is 2. The lowest BCUT2D eigenvalue weighted by Crippen LogP contribution is -2.41. The Morgan fingerprint density at radius 1 is 1.10 bits per heavy atom. The van der Waals surface area contributed by atoms with Gasteiger partial charge in [-0.3, -0.25) is 39.1 Å². The summed E-state index contributed by atoms with van der Waals surface area (Å²) in [5.41, 5.74) is -2.27. The quantitative estimate of drug-likeness (QED) is 0.355. The lowest BCUT2D eigenvalue weighted by molar-refractivity contribution is -0.166. The maximum atomic E-state index is 12.2. The molecule has 0 aliphatic carbocycles. The molecular formula is C17H19N5O9. The van der Waals surface area contributed by atoms with E-state index in [1.807, 2.05) is 4.98 Å². The van der Waals surface area contributed by atoms with E-state index in [2.05, 4.69) is 9.97 Å². The van der Waals surface area contributed by atoms with Crippen LogP contribution in [-0.4, -0.2) is 62.3 Å². The van der Waals surface area contributed by atoms with E-state index < -0.39 is 59.2 Å². The molecule has 1 fully saturated rings. The van der Waals surface area contributed by atoms with Crippen molar-refractivity contribution in [3.63, 3.8) is 0 Å². The van der Waals surface area contributed by atoms with E-state index >= 15 is 0 Å². The molecule has 1 aliphatic rings. The first-order chi connectivity index (χ1) is 14.6. The van der Waals surface area contributed by atoms with Gasteiger partial charge >= 0.3 is 23.6 Å². The number of hydrogen-bond acceptors (Lipinski definition) is 11. The number of fused-ring (bicyclic) bond motifs is 1. The number of carbonyl (C=O) groups excluding carboxylic acids is 3. The Morgan fingerprint density at radius 2 is 1.74 bits per heavy atom. The van der Waals surface area contributed by atoms with Crippen LogP contribution in [0.5, 0.6) is 0 Å². The van der Waals surface area contributed by atoms with Gasteiger partial charge in [-0.15, -0.1) is 0 Å². The standard InChI is InChI=1S/C17H19N5O9/c1-6(23)28-4-9-11(29-7(2)24)12(30-8(3)25)16(31-9)22-5-19-13(18)10-14(22)20-17(27)21-15(10)26/h5,9,11-12,16,18H,4H2,1-3H3,(H2,20,21,26,27)/t9-,11-,12-,16-/m0/s1. The maximum absolute atomic E-state index is 12.2. The number of H-pyrrole nitrogens is 2. The van der Waals surface area contributed by atoms with Gasteiger partial charge in [0.1, 0.15) is 30.1 Å². The minimum absolute atomic E-state index is 0.134. The van der Waals surface area contributed by atoms with Gasteiger partial charge in [0.2, 0.25) is 0 Å². The fourth-order valence-electron chi connectivity index (χ4n) is 3.24. The number of nitrogens with one attached hydrogen (secondary N) is 3. The molecule has 4 atom stereocenters. The Labute approximate surface area is 172 Å². The zero-order valence-electron chi connectivity index (χ0n) is 16.7. The number of esters is 3. The van der Waals surface area contributed by atoms with Crippen LogP contribution < -0.4 is 16.7 Å². The van der Waals surface area contributed by atoms with E-state index in [1.165, 1.54) is 11.5 Å². The van der Waals surface area contributed by atoms with Crippen LogP contribution in [0.2, 0.25) is 0 Å². The average Bonchev–Trinajstić information content (AvgIpc) is 2.96. The second-order valence-corrected chi connectivity index (χ2v) is 6.65. The zero-order chi connectivity index (χ0) is 22.9. The maximum Gasteiger partial charge on any atom is 0.327 e. The number of ether oxygens (including phenoxy) is 4. The summed E-state index contributed by atoms with van der Waals surface area (Å²) < 4.78 is 22.5. The van der Waals surface area contributed by atoms with Crippen LogP contribution in [0.15, 0.2) is 15.9 Å². The first kappa shape index (κ1) is 21.9. The van der Waals surface area contributed by atoms with E-state index in [4.69, 9.17) is 24.4 Å². The molecule has 0 spiro atoms. The van der Waals surface area contributed by atoms with Crippen molar-refractivity contribution < 1.29 is 33.3 Å². The van der Waals surface area contributed by atoms with Gasteiger partial charge in [0, 0.05) is 20.8 Å². The third-order valence-electron chi connectivity index (χ3n) is 4.34. The molecule has 0 amide bonds. The lowest BCUT2D eigenvalue weighted by atomic mass is 10.1. The molecule has 3 heterocycles. The van der Waals surface area contributed by atoms with Gasteiger partial charge in [0.15, 0.2) is 23.9 Å². The van der Waals surface area contributed by atoms with Crippen LogP contribution in [-0.2, 0) is 33.3 Å². The van der Waals surface area contributed by atoms with Gasteiger partial charge in [-0.1, -0.05) is 0 Å². The highest BCUT2D eigenvalue weighted by atomic mass is 16.7. The topological polar surface area (TPSA) is 196 Å². The highest BCUT2D eigenvalue weighted by Gasteiger charge is 2.50. The Kier molecular flexibility index (Phi) is 6.01. The van der Waals surface area contributed by atoms with Gasteiger partial charge in [0.05, 0.1) is 0 Å². The smallest absolute Gasteiger partial charge is 0.327 e. The van der Waals surface area contributed by atoms with Crippen LogP contribution in [0.25, 0.3) is 11.0 Å². The van der Waals surface area contributed by atoms with Crippen LogP contribution in [0.4, 0.5) is 0 Å². The molecular weight excluding hydrogens is 418 g/mol. The highest BCUT2D eigenvalue weighted by Crippen LogP contribution is 2.35. The predicted octanol–water partition coefficient (Wildman–Crippen LogP) is -1.78. The van der Waals surface area contributed by atoms with Gasteiger partial charge < -0.3 is 18.9 Å². The van der Waals surface area contributed by atoms with Gasteiger partial charge in [-0.05, 0) is 0 Å². The molecule has 1 saturated heterocycles. The van der Waals surface area contributed by atoms with Crippen molar-refractivity contribution in [2.45, 2.75) is 45.3 Å². The SMILES string of the molecule is CC(=O)OC[C@@H]1O[C@H](n2cnc(=N)c3c(=O)[nH]c(=O)[nH]c32)[C@@H](OC(C)=O)[C@H]1OC(C)=O. The molecule has 31 heavy (non-hydrogen) atoms. The number of aromatic nitrogens is 4. The van der Waals surface area contributed by atoms with E-state index in [0.717, 1.165) is 20.2 Å². The second kappa shape index (κ2) is 8.51. The first-order valence-corrected chi connectivity index (χ1v) is 8.99. The molecule has 2 aromatic heterocycles. The molecule has 0 bridgehead atoms. The van der Waals surface area contributed by atoms with Crippen molar-refractivity contribution >= 4 is 28.9 Å². The van der Waals surface area contributed by atoms with Crippen LogP contribution in [0, 0.1) is 5.41 Å². The zero-order valence-corrected chi connectivity index (χ0v) is 16.7. The van der Waals surface area contributed by atoms with Crippen LogP contribution in [0.3, 0.4) is 0 Å². The number of carbonyl (C=O) groups is 3. The fourth-order valence-corrected chi connectivity index (χ4v) is 3.24. The normalized spacial score (nSPS) is 22.8. The minimum atomic E-state index is -1.25. The fraction of sp³-hybridized carbons (Fsp3) is 0.471. The third kappa shape index (κ3) is 4.53. The first-order valence-electron chi connectivity index (χ1n) is 8.99. The summed E-state index contributed by atoms with van der Waals surface area (Å²) in [6.07, 6.45) is -3.63. The number of rotatable bonds is 5. The summed E-state index contributed by atoms with van der Waals surface area (Å²) in [4.78, 5) is 66.9. The summed E-state index contributed by atoms with van der Waals surface area (Å²) in [6, 6.07) is 0. The van der Waals surface area contributed by atoms with E-state index in [0.29, 0.717) is 0 Å². The monoisotopic (exact) mass is 437 g/mol. The van der Waals surface area contributed by atoms with Crippen LogP contribution in [0.1, 0.15) is 27.0 Å². The Hall–Kier alpha value is -3.81. The lowest BCUT2D eigenvalue weighted by Gasteiger charge is -2.24. The summed E-state index contributed by atoms with van der Waals surface area (Å²) >= 11 is 0. The molecule has 3 rings (SSSR count). The molecule has 3 N–H and O–H groups in total. The van der Waals surface area contributed by atoms with Crippen molar-refractivity contribution in [3.05, 3.63) is 32.7 Å². The van der Waals surface area contributed by atoms with Gasteiger partial charge in [-0.25, -0.2) is 9.78 Å². The molecule has 1 aliphatic heterocycles. The second-order valence-electron chi connectivity index (χ2n) is 6.65. The summed E-state index contributed by atoms with van der Waals surface area (Å²) in [5, 5.41) is 7.62. The Balaban J connectivity index is 2.16. The van der Waals surface area contributed by atoms with Gasteiger partial charge in [-0.2, -0.15) is 0 Å². The van der Waals surface area contributed by atoms with Crippen molar-refractivity contribution in [1.29, 1.82) is 5.41 Å². The van der Waals surface area contributed by atoms with E-state index in [1.54, 1.807) is 0 Å².